The number of hydrogen-bond donors (Lipinski definition) is 3. The number of pyridine rings is 3. The molecule has 0 bridgehead atoms. The zero-order valence-corrected chi connectivity index (χ0v) is 21.2. The van der Waals surface area contributed by atoms with Gasteiger partial charge >= 0.3 is 6.03 Å². The number of aromatic nitrogens is 3. The first-order valence-corrected chi connectivity index (χ1v) is 11.3. The number of rotatable bonds is 5. The van der Waals surface area contributed by atoms with Crippen molar-refractivity contribution < 1.29 is 9.18 Å². The average Bonchev–Trinajstić information content (AvgIpc) is 2.88. The topological polar surface area (TPSA) is 110 Å². The molecule has 0 saturated carbocycles. The third kappa shape index (κ3) is 15.5. The van der Waals surface area contributed by atoms with E-state index in [1.54, 1.807) is 24.7 Å². The summed E-state index contributed by atoms with van der Waals surface area (Å²) in [6, 6.07) is 11.0. The second-order valence-corrected chi connectivity index (χ2v) is 6.95. The summed E-state index contributed by atoms with van der Waals surface area (Å²) < 4.78 is 11.7. The van der Waals surface area contributed by atoms with Crippen molar-refractivity contribution in [3.63, 3.8) is 0 Å². The molecule has 0 unspecified atom stereocenters. The summed E-state index contributed by atoms with van der Waals surface area (Å²) in [4.78, 5) is 26.1. The Kier molecular flexibility index (Phi) is 17.4. The first-order chi connectivity index (χ1) is 16.9. The minimum atomic E-state index is -0.559. The molecule has 4 N–H and O–H groups in total. The van der Waals surface area contributed by atoms with Crippen molar-refractivity contribution in [2.45, 2.75) is 47.7 Å². The van der Waals surface area contributed by atoms with Gasteiger partial charge in [-0.3, -0.25) is 9.97 Å². The van der Waals surface area contributed by atoms with E-state index in [1.165, 1.54) is 5.56 Å². The number of nitrogens with two attached hydrogens (primary N) is 1. The molecule has 0 fully saturated rings. The summed E-state index contributed by atoms with van der Waals surface area (Å²) in [5.74, 6) is 0.468. The maximum absolute atomic E-state index is 11.7. The molecule has 0 aliphatic heterocycles. The number of halogens is 1. The van der Waals surface area contributed by atoms with Crippen LogP contribution in [0.15, 0.2) is 55.0 Å². The summed E-state index contributed by atoms with van der Waals surface area (Å²) >= 11 is 0. The van der Waals surface area contributed by atoms with E-state index in [0.29, 0.717) is 18.9 Å². The smallest absolute Gasteiger partial charge is 0.315 e. The Labute approximate surface area is 208 Å². The molecule has 3 heterocycles. The summed E-state index contributed by atoms with van der Waals surface area (Å²) in [6.07, 6.45) is 5.10. The van der Waals surface area contributed by atoms with Crippen LogP contribution in [0.1, 0.15) is 41.9 Å². The maximum atomic E-state index is 11.7. The van der Waals surface area contributed by atoms with Gasteiger partial charge in [-0.25, -0.2) is 9.18 Å². The van der Waals surface area contributed by atoms with Crippen molar-refractivity contribution in [2.24, 2.45) is 5.73 Å². The number of alkyl halides is 1. The zero-order valence-electron chi connectivity index (χ0n) is 21.2. The summed E-state index contributed by atoms with van der Waals surface area (Å²) in [6.45, 7) is 16.9. The van der Waals surface area contributed by atoms with E-state index < -0.39 is 6.67 Å². The summed E-state index contributed by atoms with van der Waals surface area (Å²) in [5, 5.41) is 4.95. The lowest BCUT2D eigenvalue weighted by Gasteiger charge is -2.05. The van der Waals surface area contributed by atoms with Crippen molar-refractivity contribution in [3.8, 4) is 0 Å². The Balaban J connectivity index is 0.000000501. The molecule has 188 valence electrons. The highest BCUT2D eigenvalue weighted by atomic mass is 19.1. The normalized spacial score (nSPS) is 8.97. The fourth-order valence-electron chi connectivity index (χ4n) is 2.38. The fraction of sp³-hybridized carbons (Fsp3) is 0.346. The van der Waals surface area contributed by atoms with E-state index in [9.17, 15) is 9.18 Å². The Hall–Kier alpha value is -3.90. The highest BCUT2D eigenvalue weighted by molar-refractivity contribution is 5.73. The molecule has 8 nitrogen and oxygen atoms in total. The van der Waals surface area contributed by atoms with Crippen LogP contribution in [0.3, 0.4) is 0 Å². The van der Waals surface area contributed by atoms with Gasteiger partial charge in [0, 0.05) is 25.5 Å². The second kappa shape index (κ2) is 19.6. The molecule has 2 amide bonds. The van der Waals surface area contributed by atoms with Crippen LogP contribution < -0.4 is 16.4 Å². The van der Waals surface area contributed by atoms with Crippen LogP contribution >= 0.6 is 0 Å². The summed E-state index contributed by atoms with van der Waals surface area (Å²) in [7, 11) is 0. The number of nitrogens with one attached hydrogen (secondary N) is 2. The highest BCUT2D eigenvalue weighted by Crippen LogP contribution is 2.07. The van der Waals surface area contributed by atoms with Crippen LogP contribution in [0.25, 0.3) is 4.85 Å². The molecule has 0 aliphatic rings. The Bertz CT molecular complexity index is 1040. The van der Waals surface area contributed by atoms with E-state index in [0.717, 1.165) is 22.5 Å². The van der Waals surface area contributed by atoms with E-state index in [4.69, 9.17) is 12.3 Å². The van der Waals surface area contributed by atoms with E-state index in [2.05, 4.69) is 30.4 Å². The van der Waals surface area contributed by atoms with Gasteiger partial charge in [0.25, 0.3) is 5.82 Å². The van der Waals surface area contributed by atoms with Crippen molar-refractivity contribution in [3.05, 3.63) is 94.5 Å². The SMILES string of the molecule is CC.Cc1ccnc(CN)c1.Cc1ccnc(CNC(=O)NCCF)c1.[C-]#[N+]c1cc(C)ccn1. The fourth-order valence-corrected chi connectivity index (χ4v) is 2.38. The van der Waals surface area contributed by atoms with E-state index in [1.807, 2.05) is 65.0 Å². The van der Waals surface area contributed by atoms with Gasteiger partial charge in [0.1, 0.15) is 12.9 Å². The molecule has 0 aromatic carbocycles. The number of nitrogens with zero attached hydrogens (tertiary/aromatic N) is 4. The van der Waals surface area contributed by atoms with Gasteiger partial charge < -0.3 is 21.2 Å². The number of carbonyl (C=O) groups is 1. The number of hydrogen-bond acceptors (Lipinski definition) is 5. The van der Waals surface area contributed by atoms with Gasteiger partial charge in [-0.05, 0) is 68.3 Å². The molecule has 0 radical (unpaired) electrons. The molecular formula is C26H36FN7O. The molecule has 9 heteroatoms. The molecule has 0 aliphatic carbocycles. The maximum Gasteiger partial charge on any atom is 0.315 e. The zero-order chi connectivity index (χ0) is 26.5. The molecule has 0 spiro atoms. The first kappa shape index (κ1) is 31.1. The van der Waals surface area contributed by atoms with Crippen LogP contribution in [0.5, 0.6) is 0 Å². The Morgan fingerprint density at radius 3 is 1.86 bits per heavy atom. The van der Waals surface area contributed by atoms with Crippen LogP contribution in [0.4, 0.5) is 15.0 Å². The predicted octanol–water partition coefficient (Wildman–Crippen LogP) is 4.97. The van der Waals surface area contributed by atoms with Crippen molar-refractivity contribution in [1.29, 1.82) is 0 Å². The van der Waals surface area contributed by atoms with Crippen molar-refractivity contribution >= 4 is 11.8 Å². The largest absolute Gasteiger partial charge is 0.361 e. The van der Waals surface area contributed by atoms with Crippen molar-refractivity contribution in [1.82, 2.24) is 25.6 Å². The van der Waals surface area contributed by atoms with Gasteiger partial charge in [-0.2, -0.15) is 0 Å². The third-order valence-electron chi connectivity index (χ3n) is 3.98. The molecule has 3 aromatic heterocycles. The lowest BCUT2D eigenvalue weighted by atomic mass is 10.2. The lowest BCUT2D eigenvalue weighted by molar-refractivity contribution is 0.239. The van der Waals surface area contributed by atoms with Crippen molar-refractivity contribution in [2.75, 3.05) is 13.2 Å². The Morgan fingerprint density at radius 1 is 0.914 bits per heavy atom. The minimum absolute atomic E-state index is 0.0348. The Morgan fingerprint density at radius 2 is 1.43 bits per heavy atom. The standard InChI is InChI=1S/C10H14FN3O.C7H6N2.C7H10N2.C2H6/c1-8-2-4-12-9(6-8)7-14-10(15)13-5-3-11;1-6-3-4-9-7(5-6)8-2;1-6-2-3-9-7(4-6)5-8;1-2/h2,4,6H,3,5,7H2,1H3,(H2,13,14,15);3-5H,1H3;2-4H,5,8H2,1H3;1-2H3. The molecule has 3 aromatic rings. The van der Waals surface area contributed by atoms with Gasteiger partial charge in [-0.1, -0.05) is 26.0 Å². The molecule has 0 atom stereocenters. The highest BCUT2D eigenvalue weighted by Gasteiger charge is 2.00. The summed E-state index contributed by atoms with van der Waals surface area (Å²) in [5.41, 5.74) is 10.5. The van der Waals surface area contributed by atoms with Gasteiger partial charge in [-0.15, -0.1) is 4.98 Å². The van der Waals surface area contributed by atoms with Crippen LogP contribution in [-0.2, 0) is 13.1 Å². The number of carbonyl (C=O) groups excluding carboxylic acids is 1. The molecular weight excluding hydrogens is 445 g/mol. The number of aryl methyl sites for hydroxylation is 3. The quantitative estimate of drug-likeness (QED) is 0.446. The van der Waals surface area contributed by atoms with Gasteiger partial charge in [0.2, 0.25) is 0 Å². The molecule has 3 rings (SSSR count). The van der Waals surface area contributed by atoms with Crippen LogP contribution in [0, 0.1) is 27.3 Å². The average molecular weight is 482 g/mol. The predicted molar refractivity (Wildman–Crippen MR) is 139 cm³/mol. The van der Waals surface area contributed by atoms with Gasteiger partial charge in [0.15, 0.2) is 0 Å². The lowest BCUT2D eigenvalue weighted by Crippen LogP contribution is -2.36. The molecule has 35 heavy (non-hydrogen) atoms. The van der Waals surface area contributed by atoms with Crippen LogP contribution in [0.2, 0.25) is 0 Å². The third-order valence-corrected chi connectivity index (χ3v) is 3.98. The number of amides is 2. The van der Waals surface area contributed by atoms with Gasteiger partial charge in [0.05, 0.1) is 17.9 Å². The van der Waals surface area contributed by atoms with E-state index >= 15 is 0 Å². The van der Waals surface area contributed by atoms with Crippen LogP contribution in [-0.4, -0.2) is 34.2 Å². The molecule has 0 saturated heterocycles. The van der Waals surface area contributed by atoms with E-state index in [-0.39, 0.29) is 12.6 Å². The second-order valence-electron chi connectivity index (χ2n) is 6.95. The monoisotopic (exact) mass is 481 g/mol. The number of urea groups is 1. The first-order valence-electron chi connectivity index (χ1n) is 11.3. The minimum Gasteiger partial charge on any atom is -0.361 e.